The van der Waals surface area contributed by atoms with E-state index < -0.39 is 10.0 Å². The lowest BCUT2D eigenvalue weighted by atomic mass is 9.99. The van der Waals surface area contributed by atoms with Crippen LogP contribution in [0.3, 0.4) is 0 Å². The van der Waals surface area contributed by atoms with Crippen molar-refractivity contribution in [2.45, 2.75) is 44.9 Å². The molecular weight excluding hydrogens is 346 g/mol. The Morgan fingerprint density at radius 3 is 2.84 bits per heavy atom. The van der Waals surface area contributed by atoms with Gasteiger partial charge in [0.15, 0.2) is 5.76 Å². The number of hydrogen-bond acceptors (Lipinski definition) is 6. The fourth-order valence-electron chi connectivity index (χ4n) is 3.09. The van der Waals surface area contributed by atoms with Gasteiger partial charge in [0, 0.05) is 32.7 Å². The molecule has 1 unspecified atom stereocenters. The third-order valence-corrected chi connectivity index (χ3v) is 6.00. The number of carbonyl (C=O) groups excluding carboxylic acids is 1. The van der Waals surface area contributed by atoms with Crippen molar-refractivity contribution in [3.8, 4) is 0 Å². The molecule has 1 amide bonds. The summed E-state index contributed by atoms with van der Waals surface area (Å²) in [7, 11) is -3.72. The highest BCUT2D eigenvalue weighted by Gasteiger charge is 2.26. The molecule has 1 aliphatic heterocycles. The number of aryl methyl sites for hydroxylation is 2. The summed E-state index contributed by atoms with van der Waals surface area (Å²) >= 11 is 0. The van der Waals surface area contributed by atoms with E-state index in [1.54, 1.807) is 18.7 Å². The molecule has 25 heavy (non-hydrogen) atoms. The Hall–Kier alpha value is -1.45. The second-order valence-corrected chi connectivity index (χ2v) is 8.01. The van der Waals surface area contributed by atoms with E-state index in [2.05, 4.69) is 9.88 Å². The van der Waals surface area contributed by atoms with Gasteiger partial charge in [-0.15, -0.1) is 0 Å². The Morgan fingerprint density at radius 2 is 2.20 bits per heavy atom. The molecule has 0 bridgehead atoms. The first-order valence-corrected chi connectivity index (χ1v) is 10.1. The van der Waals surface area contributed by atoms with Gasteiger partial charge in [0.05, 0.1) is 6.61 Å². The van der Waals surface area contributed by atoms with Crippen molar-refractivity contribution in [2.75, 3.05) is 32.8 Å². The predicted molar refractivity (Wildman–Crippen MR) is 91.6 cm³/mol. The number of rotatable bonds is 8. The molecule has 1 aromatic rings. The minimum absolute atomic E-state index is 0.0392. The second kappa shape index (κ2) is 8.77. The lowest BCUT2D eigenvalue weighted by Gasteiger charge is -2.32. The average Bonchev–Trinajstić information content (AvgIpc) is 2.92. The molecule has 0 saturated carbocycles. The molecule has 1 aliphatic rings. The van der Waals surface area contributed by atoms with Crippen molar-refractivity contribution in [2.24, 2.45) is 5.92 Å². The van der Waals surface area contributed by atoms with Crippen LogP contribution in [0.15, 0.2) is 9.42 Å². The molecule has 1 N–H and O–H groups in total. The van der Waals surface area contributed by atoms with Gasteiger partial charge >= 0.3 is 0 Å². The maximum absolute atomic E-state index is 12.3. The molecule has 1 atom stereocenters. The molecule has 0 aliphatic carbocycles. The minimum atomic E-state index is -3.72. The molecular formula is C16H27N3O5S. The van der Waals surface area contributed by atoms with Gasteiger partial charge in [0.2, 0.25) is 15.9 Å². The standard InChI is InChI=1S/C16H27N3O5S/c1-4-23-11-14-6-5-9-19(10-14)15(20)7-8-17-25(21,22)16-12(2)18-24-13(16)3/h14,17H,4-11H2,1-3H3. The number of hydrogen-bond donors (Lipinski definition) is 1. The quantitative estimate of drug-likeness (QED) is 0.735. The number of nitrogens with zero attached hydrogens (tertiary/aromatic N) is 2. The van der Waals surface area contributed by atoms with Crippen molar-refractivity contribution < 1.29 is 22.5 Å². The van der Waals surface area contributed by atoms with Crippen molar-refractivity contribution in [1.82, 2.24) is 14.8 Å². The summed E-state index contributed by atoms with van der Waals surface area (Å²) in [5.74, 6) is 0.561. The summed E-state index contributed by atoms with van der Waals surface area (Å²) in [5, 5.41) is 3.65. The van der Waals surface area contributed by atoms with Gasteiger partial charge in [0.25, 0.3) is 0 Å². The Labute approximate surface area is 148 Å². The molecule has 9 heteroatoms. The van der Waals surface area contributed by atoms with Gasteiger partial charge in [-0.05, 0) is 39.5 Å². The molecule has 0 spiro atoms. The Bertz CT molecular complexity index is 666. The molecule has 1 aromatic heterocycles. The van der Waals surface area contributed by atoms with Crippen LogP contribution in [0.5, 0.6) is 0 Å². The van der Waals surface area contributed by atoms with Crippen LogP contribution in [-0.2, 0) is 19.6 Å². The molecule has 8 nitrogen and oxygen atoms in total. The normalized spacial score (nSPS) is 18.5. The summed E-state index contributed by atoms with van der Waals surface area (Å²) in [6, 6.07) is 0. The number of amides is 1. The van der Waals surface area contributed by atoms with Crippen molar-refractivity contribution >= 4 is 15.9 Å². The van der Waals surface area contributed by atoms with Crippen LogP contribution in [0.1, 0.15) is 37.6 Å². The molecule has 142 valence electrons. The van der Waals surface area contributed by atoms with E-state index in [0.29, 0.717) is 31.4 Å². The van der Waals surface area contributed by atoms with Gasteiger partial charge in [-0.25, -0.2) is 13.1 Å². The van der Waals surface area contributed by atoms with E-state index in [1.807, 2.05) is 6.92 Å². The summed E-state index contributed by atoms with van der Waals surface area (Å²) in [5.41, 5.74) is 0.311. The lowest BCUT2D eigenvalue weighted by molar-refractivity contribution is -0.133. The van der Waals surface area contributed by atoms with Crippen LogP contribution in [-0.4, -0.2) is 57.2 Å². The summed E-state index contributed by atoms with van der Waals surface area (Å²) in [6.45, 7) is 7.86. The van der Waals surface area contributed by atoms with E-state index >= 15 is 0 Å². The number of likely N-dealkylation sites (tertiary alicyclic amines) is 1. The summed E-state index contributed by atoms with van der Waals surface area (Å²) in [4.78, 5) is 14.2. The Kier molecular flexibility index (Phi) is 6.97. The summed E-state index contributed by atoms with van der Waals surface area (Å²) in [6.07, 6.45) is 2.14. The molecule has 1 fully saturated rings. The van der Waals surface area contributed by atoms with Crippen LogP contribution in [0.25, 0.3) is 0 Å². The summed E-state index contributed by atoms with van der Waals surface area (Å²) < 4.78 is 37.4. The van der Waals surface area contributed by atoms with Crippen molar-refractivity contribution in [3.63, 3.8) is 0 Å². The van der Waals surface area contributed by atoms with Crippen LogP contribution < -0.4 is 4.72 Å². The van der Waals surface area contributed by atoms with Gasteiger partial charge in [-0.1, -0.05) is 5.16 Å². The first-order valence-electron chi connectivity index (χ1n) is 8.63. The van der Waals surface area contributed by atoms with Crippen molar-refractivity contribution in [1.29, 1.82) is 0 Å². The monoisotopic (exact) mass is 373 g/mol. The third-order valence-electron chi connectivity index (χ3n) is 4.30. The minimum Gasteiger partial charge on any atom is -0.381 e. The van der Waals surface area contributed by atoms with E-state index in [9.17, 15) is 13.2 Å². The first kappa shape index (κ1) is 19.9. The van der Waals surface area contributed by atoms with Crippen LogP contribution in [0, 0.1) is 19.8 Å². The Balaban J connectivity index is 1.84. The topological polar surface area (TPSA) is 102 Å². The third kappa shape index (κ3) is 5.26. The van der Waals surface area contributed by atoms with E-state index in [-0.39, 0.29) is 29.5 Å². The SMILES string of the molecule is CCOCC1CCCN(C(=O)CCNS(=O)(=O)c2c(C)noc2C)C1. The van der Waals surface area contributed by atoms with E-state index in [4.69, 9.17) is 9.26 Å². The second-order valence-electron chi connectivity index (χ2n) is 6.31. The number of nitrogens with one attached hydrogen (secondary N) is 1. The van der Waals surface area contributed by atoms with Crippen molar-refractivity contribution in [3.05, 3.63) is 11.5 Å². The maximum Gasteiger partial charge on any atom is 0.245 e. The molecule has 1 saturated heterocycles. The zero-order valence-electron chi connectivity index (χ0n) is 15.1. The average molecular weight is 373 g/mol. The fraction of sp³-hybridized carbons (Fsp3) is 0.750. The predicted octanol–water partition coefficient (Wildman–Crippen LogP) is 1.23. The number of piperidine rings is 1. The van der Waals surface area contributed by atoms with E-state index in [0.717, 1.165) is 19.4 Å². The number of sulfonamides is 1. The highest BCUT2D eigenvalue weighted by molar-refractivity contribution is 7.89. The van der Waals surface area contributed by atoms with Crippen LogP contribution in [0.2, 0.25) is 0 Å². The zero-order valence-corrected chi connectivity index (χ0v) is 15.9. The van der Waals surface area contributed by atoms with Crippen LogP contribution in [0.4, 0.5) is 0 Å². The van der Waals surface area contributed by atoms with E-state index in [1.165, 1.54) is 0 Å². The largest absolute Gasteiger partial charge is 0.381 e. The highest BCUT2D eigenvalue weighted by Crippen LogP contribution is 2.19. The van der Waals surface area contributed by atoms with Gasteiger partial charge in [0.1, 0.15) is 10.6 Å². The first-order chi connectivity index (χ1) is 11.8. The van der Waals surface area contributed by atoms with Gasteiger partial charge in [-0.2, -0.15) is 0 Å². The fourth-order valence-corrected chi connectivity index (χ4v) is 4.45. The smallest absolute Gasteiger partial charge is 0.245 e. The highest BCUT2D eigenvalue weighted by atomic mass is 32.2. The Morgan fingerprint density at radius 1 is 1.44 bits per heavy atom. The number of ether oxygens (including phenoxy) is 1. The number of aromatic nitrogens is 1. The van der Waals surface area contributed by atoms with Crippen LogP contribution >= 0.6 is 0 Å². The molecule has 2 rings (SSSR count). The van der Waals surface area contributed by atoms with Gasteiger partial charge < -0.3 is 14.2 Å². The molecule has 0 radical (unpaired) electrons. The lowest BCUT2D eigenvalue weighted by Crippen LogP contribution is -2.42. The number of carbonyl (C=O) groups is 1. The van der Waals surface area contributed by atoms with Gasteiger partial charge in [-0.3, -0.25) is 4.79 Å². The maximum atomic E-state index is 12.3. The molecule has 0 aromatic carbocycles. The molecule has 2 heterocycles. The zero-order chi connectivity index (χ0) is 18.4.